The fraction of sp³-hybridized carbons (Fsp3) is 0. The molecule has 106 valence electrons. The minimum atomic E-state index is -1.26. The summed E-state index contributed by atoms with van der Waals surface area (Å²) >= 11 is 0. The van der Waals surface area contributed by atoms with Crippen LogP contribution in [0.25, 0.3) is 16.9 Å². The summed E-state index contributed by atoms with van der Waals surface area (Å²) in [5, 5.41) is 15.6. The van der Waals surface area contributed by atoms with Gasteiger partial charge in [-0.15, -0.1) is 0 Å². The molecule has 3 rings (SSSR count). The third kappa shape index (κ3) is 3.87. The van der Waals surface area contributed by atoms with Crippen LogP contribution in [-0.4, -0.2) is 36.5 Å². The first-order valence-electron chi connectivity index (χ1n) is 5.87. The van der Waals surface area contributed by atoms with Crippen LogP contribution in [0.2, 0.25) is 0 Å². The monoisotopic (exact) mass is 285 g/mol. The summed E-state index contributed by atoms with van der Waals surface area (Å²) in [5.41, 5.74) is 3.08. The van der Waals surface area contributed by atoms with E-state index in [9.17, 15) is 9.59 Å². The van der Waals surface area contributed by atoms with Crippen molar-refractivity contribution in [2.45, 2.75) is 0 Å². The molecule has 7 heteroatoms. The SMILES string of the molecule is O=C(O)/C=C/C(=O)O.c1cc2cc3nccn3ccc-2n1. The standard InChI is InChI=1S/C10H7N3.C4H4O4/c1-3-11-9-2-5-13-6-4-12-10(13)7-8(1)9;5-3(6)1-2-4(7)8/h1-7H;1-2H,(H,5,6)(H,7,8)/b;2-1+. The van der Waals surface area contributed by atoms with Gasteiger partial charge in [-0.25, -0.2) is 14.6 Å². The second-order valence-corrected chi connectivity index (χ2v) is 3.95. The topological polar surface area (TPSA) is 105 Å². The van der Waals surface area contributed by atoms with Crippen LogP contribution in [0.1, 0.15) is 0 Å². The van der Waals surface area contributed by atoms with Crippen LogP contribution >= 0.6 is 0 Å². The largest absolute Gasteiger partial charge is 0.478 e. The van der Waals surface area contributed by atoms with Crippen LogP contribution in [0.4, 0.5) is 0 Å². The molecule has 0 saturated carbocycles. The lowest BCUT2D eigenvalue weighted by molar-refractivity contribution is -0.134. The van der Waals surface area contributed by atoms with Gasteiger partial charge in [0, 0.05) is 42.5 Å². The number of aliphatic carboxylic acids is 2. The third-order valence-electron chi connectivity index (χ3n) is 2.51. The highest BCUT2D eigenvalue weighted by molar-refractivity contribution is 5.89. The van der Waals surface area contributed by atoms with Crippen LogP contribution in [0, 0.1) is 0 Å². The smallest absolute Gasteiger partial charge is 0.328 e. The van der Waals surface area contributed by atoms with E-state index >= 15 is 0 Å². The van der Waals surface area contributed by atoms with Gasteiger partial charge in [-0.1, -0.05) is 0 Å². The van der Waals surface area contributed by atoms with E-state index in [1.807, 2.05) is 41.2 Å². The summed E-state index contributed by atoms with van der Waals surface area (Å²) in [5.74, 6) is -2.51. The van der Waals surface area contributed by atoms with Gasteiger partial charge in [0.05, 0.1) is 5.69 Å². The average molecular weight is 285 g/mol. The highest BCUT2D eigenvalue weighted by Gasteiger charge is 2.01. The maximum absolute atomic E-state index is 9.55. The summed E-state index contributed by atoms with van der Waals surface area (Å²) in [4.78, 5) is 27.6. The first kappa shape index (κ1) is 14.2. The van der Waals surface area contributed by atoms with Crippen LogP contribution in [-0.2, 0) is 9.59 Å². The highest BCUT2D eigenvalue weighted by atomic mass is 16.4. The van der Waals surface area contributed by atoms with Crippen molar-refractivity contribution in [3.05, 3.63) is 55.1 Å². The fourth-order valence-corrected chi connectivity index (χ4v) is 1.61. The second kappa shape index (κ2) is 6.29. The summed E-state index contributed by atoms with van der Waals surface area (Å²) in [6.07, 6.45) is 8.61. The molecular weight excluding hydrogens is 274 g/mol. The molecule has 7 nitrogen and oxygen atoms in total. The van der Waals surface area contributed by atoms with E-state index in [1.54, 1.807) is 6.20 Å². The Balaban J connectivity index is 0.000000177. The van der Waals surface area contributed by atoms with E-state index in [2.05, 4.69) is 9.97 Å². The number of carbonyl (C=O) groups is 2. The predicted octanol–water partition coefficient (Wildman–Crippen LogP) is 1.55. The zero-order valence-electron chi connectivity index (χ0n) is 10.7. The number of carboxylic acids is 2. The Morgan fingerprint density at radius 3 is 2.38 bits per heavy atom. The van der Waals surface area contributed by atoms with Crippen molar-refractivity contribution >= 4 is 17.6 Å². The number of nitrogens with zero attached hydrogens (tertiary/aromatic N) is 3. The van der Waals surface area contributed by atoms with Crippen molar-refractivity contribution in [1.82, 2.24) is 14.4 Å². The number of hydrogen-bond acceptors (Lipinski definition) is 4. The van der Waals surface area contributed by atoms with Crippen LogP contribution in [0.5, 0.6) is 0 Å². The molecule has 2 aliphatic heterocycles. The Kier molecular flexibility index (Phi) is 4.25. The lowest BCUT2D eigenvalue weighted by Gasteiger charge is -1.84. The highest BCUT2D eigenvalue weighted by Crippen LogP contribution is 2.18. The first-order chi connectivity index (χ1) is 10.1. The Morgan fingerprint density at radius 1 is 1.00 bits per heavy atom. The average Bonchev–Trinajstić information content (AvgIpc) is 3.03. The Bertz CT molecular complexity index is 763. The minimum absolute atomic E-state index is 0.558. The van der Waals surface area contributed by atoms with E-state index in [0.29, 0.717) is 12.2 Å². The number of hydrogen-bond donors (Lipinski definition) is 2. The molecular formula is C14H11N3O4. The number of aromatic nitrogens is 3. The summed E-state index contributed by atoms with van der Waals surface area (Å²) in [7, 11) is 0. The molecule has 1 aromatic rings. The molecule has 0 unspecified atom stereocenters. The third-order valence-corrected chi connectivity index (χ3v) is 2.51. The molecule has 0 bridgehead atoms. The number of fused-ring (bicyclic) bond motifs is 2. The van der Waals surface area contributed by atoms with Crippen molar-refractivity contribution in [3.63, 3.8) is 0 Å². The second-order valence-electron chi connectivity index (χ2n) is 3.95. The molecule has 2 aliphatic rings. The van der Waals surface area contributed by atoms with Gasteiger partial charge in [-0.05, 0) is 18.2 Å². The van der Waals surface area contributed by atoms with Gasteiger partial charge in [0.25, 0.3) is 0 Å². The Morgan fingerprint density at radius 2 is 1.71 bits per heavy atom. The predicted molar refractivity (Wildman–Crippen MR) is 74.0 cm³/mol. The van der Waals surface area contributed by atoms with Gasteiger partial charge in [-0.3, -0.25) is 4.98 Å². The molecule has 0 aliphatic carbocycles. The lowest BCUT2D eigenvalue weighted by atomic mass is 10.2. The molecule has 0 fully saturated rings. The van der Waals surface area contributed by atoms with Crippen molar-refractivity contribution in [1.29, 1.82) is 0 Å². The van der Waals surface area contributed by atoms with Crippen LogP contribution in [0.3, 0.4) is 0 Å². The van der Waals surface area contributed by atoms with Crippen molar-refractivity contribution in [2.24, 2.45) is 0 Å². The van der Waals surface area contributed by atoms with Crippen molar-refractivity contribution in [3.8, 4) is 11.3 Å². The van der Waals surface area contributed by atoms with Gasteiger partial charge >= 0.3 is 11.9 Å². The van der Waals surface area contributed by atoms with E-state index in [4.69, 9.17) is 10.2 Å². The van der Waals surface area contributed by atoms with Crippen LogP contribution < -0.4 is 0 Å². The van der Waals surface area contributed by atoms with Crippen molar-refractivity contribution < 1.29 is 19.8 Å². The van der Waals surface area contributed by atoms with Gasteiger partial charge in [0.2, 0.25) is 0 Å². The molecule has 0 aromatic carbocycles. The van der Waals surface area contributed by atoms with E-state index in [0.717, 1.165) is 16.9 Å². The molecule has 2 N–H and O–H groups in total. The number of carboxylic acid groups (broad SMARTS) is 2. The van der Waals surface area contributed by atoms with Gasteiger partial charge < -0.3 is 14.6 Å². The number of rotatable bonds is 2. The van der Waals surface area contributed by atoms with Crippen molar-refractivity contribution in [2.75, 3.05) is 0 Å². The van der Waals surface area contributed by atoms with E-state index in [-0.39, 0.29) is 0 Å². The minimum Gasteiger partial charge on any atom is -0.478 e. The quantitative estimate of drug-likeness (QED) is 0.692. The van der Waals surface area contributed by atoms with E-state index < -0.39 is 11.9 Å². The zero-order valence-corrected chi connectivity index (χ0v) is 10.7. The van der Waals surface area contributed by atoms with Gasteiger partial charge in [0.15, 0.2) is 0 Å². The maximum atomic E-state index is 9.55. The molecule has 0 saturated heterocycles. The fourth-order valence-electron chi connectivity index (χ4n) is 1.61. The zero-order chi connectivity index (χ0) is 15.2. The normalized spacial score (nSPS) is 10.5. The summed E-state index contributed by atoms with van der Waals surface area (Å²) in [6, 6.07) is 6.01. The molecule has 3 heterocycles. The first-order valence-corrected chi connectivity index (χ1v) is 5.87. The number of imidazole rings is 1. The Labute approximate surface area is 119 Å². The summed E-state index contributed by atoms with van der Waals surface area (Å²) < 4.78 is 1.97. The molecule has 0 atom stereocenters. The lowest BCUT2D eigenvalue weighted by Crippen LogP contribution is -1.91. The molecule has 21 heavy (non-hydrogen) atoms. The Hall–Kier alpha value is -3.22. The van der Waals surface area contributed by atoms with Crippen LogP contribution in [0.15, 0.2) is 55.1 Å². The van der Waals surface area contributed by atoms with Gasteiger partial charge in [0.1, 0.15) is 5.65 Å². The van der Waals surface area contributed by atoms with E-state index in [1.165, 1.54) is 0 Å². The maximum Gasteiger partial charge on any atom is 0.328 e. The van der Waals surface area contributed by atoms with Gasteiger partial charge in [-0.2, -0.15) is 0 Å². The molecule has 0 radical (unpaired) electrons. The summed E-state index contributed by atoms with van der Waals surface area (Å²) in [6.45, 7) is 0. The molecule has 0 spiro atoms. The molecule has 1 aromatic heterocycles. The molecule has 0 amide bonds.